The van der Waals surface area contributed by atoms with Crippen LogP contribution < -0.4 is 10.1 Å². The minimum atomic E-state index is -0.317. The van der Waals surface area contributed by atoms with Crippen molar-refractivity contribution in [2.24, 2.45) is 0 Å². The molecule has 0 aliphatic rings. The number of hydrogen-bond acceptors (Lipinski definition) is 6. The Morgan fingerprint density at radius 3 is 2.67 bits per heavy atom. The summed E-state index contributed by atoms with van der Waals surface area (Å²) < 4.78 is 10.5. The summed E-state index contributed by atoms with van der Waals surface area (Å²) in [4.78, 5) is 20.9. The fourth-order valence-electron chi connectivity index (χ4n) is 2.61. The Morgan fingerprint density at radius 2 is 1.89 bits per heavy atom. The molecule has 0 atom stereocenters. The van der Waals surface area contributed by atoms with Gasteiger partial charge in [-0.1, -0.05) is 17.3 Å². The number of benzene rings is 2. The summed E-state index contributed by atoms with van der Waals surface area (Å²) in [6, 6.07) is 16.6. The highest BCUT2D eigenvalue weighted by Gasteiger charge is 2.11. The van der Waals surface area contributed by atoms with Crippen molar-refractivity contribution >= 4 is 16.9 Å². The van der Waals surface area contributed by atoms with Gasteiger partial charge in [-0.3, -0.25) is 9.78 Å². The van der Waals surface area contributed by atoms with Crippen LogP contribution in [0.25, 0.3) is 22.4 Å². The van der Waals surface area contributed by atoms with E-state index in [0.717, 1.165) is 16.8 Å². The predicted octanol–water partition coefficient (Wildman–Crippen LogP) is 3.22. The molecule has 2 heterocycles. The Bertz CT molecular complexity index is 1090. The van der Waals surface area contributed by atoms with Crippen LogP contribution in [0.5, 0.6) is 5.75 Å². The fourth-order valence-corrected chi connectivity index (χ4v) is 2.61. The lowest BCUT2D eigenvalue weighted by Crippen LogP contribution is -2.24. The van der Waals surface area contributed by atoms with Gasteiger partial charge in [0.05, 0.1) is 30.9 Å². The van der Waals surface area contributed by atoms with Crippen molar-refractivity contribution in [3.05, 3.63) is 72.2 Å². The summed E-state index contributed by atoms with van der Waals surface area (Å²) in [5.41, 5.74) is 3.17. The van der Waals surface area contributed by atoms with E-state index in [1.807, 2.05) is 48.5 Å². The maximum absolute atomic E-state index is 12.3. The number of hydrogen-bond donors (Lipinski definition) is 1. The molecule has 4 rings (SSSR count). The molecule has 7 nitrogen and oxygen atoms in total. The van der Waals surface area contributed by atoms with E-state index < -0.39 is 0 Å². The second kappa shape index (κ2) is 7.25. The molecule has 0 unspecified atom stereocenters. The molecule has 0 aliphatic heterocycles. The van der Waals surface area contributed by atoms with Crippen LogP contribution in [0.3, 0.4) is 0 Å². The molecule has 0 radical (unpaired) electrons. The van der Waals surface area contributed by atoms with Crippen molar-refractivity contribution in [1.29, 1.82) is 0 Å². The second-order valence-electron chi connectivity index (χ2n) is 5.84. The maximum Gasteiger partial charge on any atom is 0.271 e. The third-order valence-electron chi connectivity index (χ3n) is 4.04. The number of nitrogens with zero attached hydrogens (tertiary/aromatic N) is 3. The average molecular weight is 360 g/mol. The molecule has 0 aliphatic carbocycles. The molecular formula is C20H16N4O3. The molecule has 4 aromatic rings. The first-order chi connectivity index (χ1) is 13.2. The van der Waals surface area contributed by atoms with E-state index >= 15 is 0 Å². The third-order valence-corrected chi connectivity index (χ3v) is 4.04. The van der Waals surface area contributed by atoms with Gasteiger partial charge in [-0.05, 0) is 36.4 Å². The quantitative estimate of drug-likeness (QED) is 0.588. The van der Waals surface area contributed by atoms with Gasteiger partial charge >= 0.3 is 0 Å². The van der Waals surface area contributed by atoms with Gasteiger partial charge in [-0.15, -0.1) is 0 Å². The maximum atomic E-state index is 12.3. The van der Waals surface area contributed by atoms with Gasteiger partial charge in [0.15, 0.2) is 5.76 Å². The van der Waals surface area contributed by atoms with E-state index in [4.69, 9.17) is 9.26 Å². The first-order valence-electron chi connectivity index (χ1n) is 8.33. The number of aromatic nitrogens is 3. The first kappa shape index (κ1) is 16.7. The standard InChI is InChI=1S/C20H16N4O3/c1-26-15-8-6-13(7-9-15)19-10-14(24-27-19)11-22-20(25)18-12-21-16-4-2-3-5-17(16)23-18/h2-10,12H,11H2,1H3,(H,22,25). The summed E-state index contributed by atoms with van der Waals surface area (Å²) in [7, 11) is 1.62. The molecule has 0 fully saturated rings. The van der Waals surface area contributed by atoms with Crippen molar-refractivity contribution in [2.45, 2.75) is 6.54 Å². The van der Waals surface area contributed by atoms with Crippen LogP contribution in [-0.2, 0) is 6.54 Å². The van der Waals surface area contributed by atoms with Crippen molar-refractivity contribution in [3.8, 4) is 17.1 Å². The SMILES string of the molecule is COc1ccc(-c2cc(CNC(=O)c3cnc4ccccc4n3)no2)cc1. The van der Waals surface area contributed by atoms with Crippen LogP contribution in [0, 0.1) is 0 Å². The van der Waals surface area contributed by atoms with Gasteiger partial charge in [0.2, 0.25) is 0 Å². The van der Waals surface area contributed by atoms with Crippen LogP contribution in [0.15, 0.2) is 65.3 Å². The normalized spacial score (nSPS) is 10.7. The van der Waals surface area contributed by atoms with E-state index in [9.17, 15) is 4.79 Å². The minimum absolute atomic E-state index is 0.229. The highest BCUT2D eigenvalue weighted by Crippen LogP contribution is 2.23. The molecule has 7 heteroatoms. The van der Waals surface area contributed by atoms with Crippen molar-refractivity contribution in [2.75, 3.05) is 7.11 Å². The number of fused-ring (bicyclic) bond motifs is 1. The van der Waals surface area contributed by atoms with Gasteiger partial charge < -0.3 is 14.6 Å². The highest BCUT2D eigenvalue weighted by molar-refractivity contribution is 5.93. The monoisotopic (exact) mass is 360 g/mol. The molecule has 2 aromatic carbocycles. The average Bonchev–Trinajstić information content (AvgIpc) is 3.21. The van der Waals surface area contributed by atoms with Gasteiger partial charge in [0.25, 0.3) is 5.91 Å². The zero-order valence-electron chi connectivity index (χ0n) is 14.5. The van der Waals surface area contributed by atoms with Gasteiger partial charge in [0.1, 0.15) is 17.1 Å². The van der Waals surface area contributed by atoms with Crippen molar-refractivity contribution in [1.82, 2.24) is 20.4 Å². The molecule has 1 N–H and O–H groups in total. The summed E-state index contributed by atoms with van der Waals surface area (Å²) in [5, 5.41) is 6.77. The lowest BCUT2D eigenvalue weighted by Gasteiger charge is -2.03. The summed E-state index contributed by atoms with van der Waals surface area (Å²) >= 11 is 0. The number of para-hydroxylation sites is 2. The number of rotatable bonds is 5. The van der Waals surface area contributed by atoms with Crippen molar-refractivity contribution < 1.29 is 14.1 Å². The van der Waals surface area contributed by atoms with E-state index in [-0.39, 0.29) is 18.1 Å². The number of carbonyl (C=O) groups is 1. The fraction of sp³-hybridized carbons (Fsp3) is 0.100. The Hall–Kier alpha value is -3.74. The van der Waals surface area contributed by atoms with E-state index in [1.54, 1.807) is 13.2 Å². The molecule has 0 spiro atoms. The Balaban J connectivity index is 1.43. The van der Waals surface area contributed by atoms with E-state index in [1.165, 1.54) is 6.20 Å². The van der Waals surface area contributed by atoms with Crippen molar-refractivity contribution in [3.63, 3.8) is 0 Å². The number of methoxy groups -OCH3 is 1. The second-order valence-corrected chi connectivity index (χ2v) is 5.84. The Labute approximate surface area is 155 Å². The molecule has 0 bridgehead atoms. The van der Waals surface area contributed by atoms with Gasteiger partial charge in [-0.2, -0.15) is 0 Å². The van der Waals surface area contributed by atoms with Gasteiger partial charge in [-0.25, -0.2) is 4.98 Å². The zero-order valence-corrected chi connectivity index (χ0v) is 14.5. The summed E-state index contributed by atoms with van der Waals surface area (Å²) in [6.07, 6.45) is 1.46. The molecular weight excluding hydrogens is 344 g/mol. The molecule has 27 heavy (non-hydrogen) atoms. The predicted molar refractivity (Wildman–Crippen MR) is 99.2 cm³/mol. The van der Waals surface area contributed by atoms with E-state index in [2.05, 4.69) is 20.4 Å². The van der Waals surface area contributed by atoms with Gasteiger partial charge in [0, 0.05) is 11.6 Å². The topological polar surface area (TPSA) is 90.1 Å². The zero-order chi connectivity index (χ0) is 18.6. The molecule has 0 saturated heterocycles. The number of carbonyl (C=O) groups excluding carboxylic acids is 1. The highest BCUT2D eigenvalue weighted by atomic mass is 16.5. The number of ether oxygens (including phenoxy) is 1. The minimum Gasteiger partial charge on any atom is -0.497 e. The first-order valence-corrected chi connectivity index (χ1v) is 8.33. The number of amides is 1. The third kappa shape index (κ3) is 3.62. The molecule has 2 aromatic heterocycles. The van der Waals surface area contributed by atoms with Crippen LogP contribution >= 0.6 is 0 Å². The summed E-state index contributed by atoms with van der Waals surface area (Å²) in [5.74, 6) is 1.07. The lowest BCUT2D eigenvalue weighted by molar-refractivity contribution is 0.0945. The molecule has 1 amide bonds. The molecule has 134 valence electrons. The number of nitrogens with one attached hydrogen (secondary N) is 1. The van der Waals surface area contributed by atoms with Crippen LogP contribution in [0.1, 0.15) is 16.2 Å². The van der Waals surface area contributed by atoms with Crippen LogP contribution in [-0.4, -0.2) is 28.1 Å². The largest absolute Gasteiger partial charge is 0.497 e. The van der Waals surface area contributed by atoms with Crippen LogP contribution in [0.2, 0.25) is 0 Å². The summed E-state index contributed by atoms with van der Waals surface area (Å²) in [6.45, 7) is 0.229. The Kier molecular flexibility index (Phi) is 4.49. The van der Waals surface area contributed by atoms with Crippen LogP contribution in [0.4, 0.5) is 0 Å². The lowest BCUT2D eigenvalue weighted by atomic mass is 10.1. The Morgan fingerprint density at radius 1 is 1.11 bits per heavy atom. The van der Waals surface area contributed by atoms with E-state index in [0.29, 0.717) is 17.0 Å². The smallest absolute Gasteiger partial charge is 0.271 e. The molecule has 0 saturated carbocycles.